The molecule has 3 rings (SSSR count). The molecule has 2 amide bonds. The van der Waals surface area contributed by atoms with Crippen molar-refractivity contribution in [1.82, 2.24) is 0 Å². The molecule has 0 saturated carbocycles. The van der Waals surface area contributed by atoms with Gasteiger partial charge < -0.3 is 10.2 Å². The van der Waals surface area contributed by atoms with Gasteiger partial charge in [0.2, 0.25) is 0 Å². The lowest BCUT2D eigenvalue weighted by atomic mass is 10.2. The van der Waals surface area contributed by atoms with Gasteiger partial charge in [-0.25, -0.2) is 9.79 Å². The third kappa shape index (κ3) is 3.98. The lowest BCUT2D eigenvalue weighted by Gasteiger charge is -2.23. The van der Waals surface area contributed by atoms with E-state index in [0.29, 0.717) is 27.7 Å². The molecule has 2 aromatic rings. The van der Waals surface area contributed by atoms with E-state index in [2.05, 4.69) is 21.3 Å². The van der Waals surface area contributed by atoms with Gasteiger partial charge in [-0.05, 0) is 49.4 Å². The van der Waals surface area contributed by atoms with Crippen LogP contribution in [0.25, 0.3) is 0 Å². The van der Waals surface area contributed by atoms with E-state index < -0.39 is 6.03 Å². The molecule has 5 nitrogen and oxygen atoms in total. The van der Waals surface area contributed by atoms with E-state index in [1.807, 2.05) is 13.0 Å². The summed E-state index contributed by atoms with van der Waals surface area (Å²) in [6, 6.07) is 13.8. The van der Waals surface area contributed by atoms with E-state index in [0.717, 1.165) is 17.9 Å². The van der Waals surface area contributed by atoms with Crippen molar-refractivity contribution in [2.75, 3.05) is 16.8 Å². The fraction of sp³-hybridized carbons (Fsp3) is 0.211. The van der Waals surface area contributed by atoms with Gasteiger partial charge in [-0.1, -0.05) is 23.2 Å². The minimum absolute atomic E-state index is 0.0324. The molecule has 1 fully saturated rings. The fourth-order valence-corrected chi connectivity index (χ4v) is 3.25. The maximum absolute atomic E-state index is 12.2. The first-order valence-corrected chi connectivity index (χ1v) is 8.84. The quantitative estimate of drug-likeness (QED) is 0.776. The smallest absolute Gasteiger partial charge is 0.345 e. The molecule has 0 unspecified atom stereocenters. The second-order valence-electron chi connectivity index (χ2n) is 5.94. The molecule has 2 aromatic carbocycles. The molecule has 0 spiro atoms. The number of nitriles is 1. The fourth-order valence-electron chi connectivity index (χ4n) is 2.91. The van der Waals surface area contributed by atoms with E-state index in [4.69, 9.17) is 28.5 Å². The summed E-state index contributed by atoms with van der Waals surface area (Å²) in [4.78, 5) is 18.5. The summed E-state index contributed by atoms with van der Waals surface area (Å²) < 4.78 is 0. The van der Waals surface area contributed by atoms with Crippen molar-refractivity contribution in [3.8, 4) is 6.07 Å². The molecule has 1 aliphatic rings. The van der Waals surface area contributed by atoms with Gasteiger partial charge in [0.05, 0.1) is 16.6 Å². The molecular weight excluding hydrogens is 371 g/mol. The number of carbonyl (C=O) groups is 1. The van der Waals surface area contributed by atoms with Crippen LogP contribution in [0.4, 0.5) is 16.2 Å². The minimum atomic E-state index is -0.408. The van der Waals surface area contributed by atoms with Crippen molar-refractivity contribution in [2.45, 2.75) is 19.4 Å². The first kappa shape index (κ1) is 18.2. The number of amides is 2. The Balaban J connectivity index is 1.71. The zero-order valence-corrected chi connectivity index (χ0v) is 15.6. The predicted molar refractivity (Wildman–Crippen MR) is 105 cm³/mol. The molecule has 7 heteroatoms. The van der Waals surface area contributed by atoms with E-state index in [1.54, 1.807) is 36.4 Å². The van der Waals surface area contributed by atoms with Crippen molar-refractivity contribution in [2.24, 2.45) is 4.99 Å². The Morgan fingerprint density at radius 3 is 2.65 bits per heavy atom. The molecule has 0 bridgehead atoms. The zero-order valence-electron chi connectivity index (χ0n) is 14.0. The Hall–Kier alpha value is -2.55. The maximum atomic E-state index is 12.2. The second kappa shape index (κ2) is 7.77. The van der Waals surface area contributed by atoms with Crippen LogP contribution in [0, 0.1) is 11.3 Å². The summed E-state index contributed by atoms with van der Waals surface area (Å²) in [5.41, 5.74) is 2.80. The Morgan fingerprint density at radius 1 is 1.27 bits per heavy atom. The molecule has 132 valence electrons. The summed E-state index contributed by atoms with van der Waals surface area (Å²) in [6.45, 7) is 2.73. The van der Waals surface area contributed by atoms with E-state index in [1.165, 1.54) is 0 Å². The van der Waals surface area contributed by atoms with Crippen LogP contribution in [0.1, 0.15) is 18.9 Å². The number of nitrogens with zero attached hydrogens (tertiary/aromatic N) is 3. The summed E-state index contributed by atoms with van der Waals surface area (Å²) in [5.74, 6) is 0. The van der Waals surface area contributed by atoms with Gasteiger partial charge in [0.25, 0.3) is 0 Å². The van der Waals surface area contributed by atoms with Gasteiger partial charge in [-0.15, -0.1) is 0 Å². The number of halogens is 2. The van der Waals surface area contributed by atoms with E-state index in [-0.39, 0.29) is 6.04 Å². The highest BCUT2D eigenvalue weighted by atomic mass is 35.5. The number of rotatable bonds is 2. The van der Waals surface area contributed by atoms with Crippen molar-refractivity contribution in [3.63, 3.8) is 0 Å². The largest absolute Gasteiger partial charge is 0.363 e. The molecule has 1 N–H and O–H groups in total. The minimum Gasteiger partial charge on any atom is -0.363 e. The number of benzene rings is 2. The molecule has 0 radical (unpaired) electrons. The average Bonchev–Trinajstić information content (AvgIpc) is 2.97. The van der Waals surface area contributed by atoms with Crippen molar-refractivity contribution in [3.05, 3.63) is 58.1 Å². The summed E-state index contributed by atoms with van der Waals surface area (Å²) in [7, 11) is 0. The van der Waals surface area contributed by atoms with Crippen LogP contribution >= 0.6 is 23.2 Å². The number of hydrogen-bond acceptors (Lipinski definition) is 3. The number of anilines is 2. The molecule has 1 heterocycles. The molecule has 1 saturated heterocycles. The highest BCUT2D eigenvalue weighted by molar-refractivity contribution is 6.32. The second-order valence-corrected chi connectivity index (χ2v) is 6.78. The van der Waals surface area contributed by atoms with Crippen LogP contribution in [0.2, 0.25) is 10.0 Å². The first-order valence-electron chi connectivity index (χ1n) is 8.08. The zero-order chi connectivity index (χ0) is 18.7. The monoisotopic (exact) mass is 386 g/mol. The van der Waals surface area contributed by atoms with Crippen LogP contribution in [0.3, 0.4) is 0 Å². The molecule has 1 atom stereocenters. The SMILES string of the molecule is C[C@H]1C(=NC(=O)Nc2ccc(Cl)cc2)CCN1c1ccc(C#N)c(Cl)c1. The van der Waals surface area contributed by atoms with E-state index >= 15 is 0 Å². The van der Waals surface area contributed by atoms with Crippen LogP contribution in [-0.2, 0) is 0 Å². The van der Waals surface area contributed by atoms with Gasteiger partial charge in [0.15, 0.2) is 0 Å². The van der Waals surface area contributed by atoms with Gasteiger partial charge in [0.1, 0.15) is 6.07 Å². The topological polar surface area (TPSA) is 68.5 Å². The third-order valence-electron chi connectivity index (χ3n) is 4.30. The number of aliphatic imine (C=N–C) groups is 1. The highest BCUT2D eigenvalue weighted by Gasteiger charge is 2.28. The molecule has 1 aliphatic heterocycles. The highest BCUT2D eigenvalue weighted by Crippen LogP contribution is 2.28. The van der Waals surface area contributed by atoms with Crippen molar-refractivity contribution < 1.29 is 4.79 Å². The van der Waals surface area contributed by atoms with Gasteiger partial charge in [-0.3, -0.25) is 0 Å². The molecule has 0 aliphatic carbocycles. The molecular formula is C19H16Cl2N4O. The number of nitrogens with one attached hydrogen (secondary N) is 1. The molecule has 26 heavy (non-hydrogen) atoms. The maximum Gasteiger partial charge on any atom is 0.345 e. The van der Waals surface area contributed by atoms with Crippen LogP contribution in [-0.4, -0.2) is 24.3 Å². The Labute approximate surface area is 161 Å². The normalized spacial score (nSPS) is 18.0. The van der Waals surface area contributed by atoms with E-state index in [9.17, 15) is 4.79 Å². The van der Waals surface area contributed by atoms with Gasteiger partial charge >= 0.3 is 6.03 Å². The Morgan fingerprint density at radius 2 is 2.00 bits per heavy atom. The van der Waals surface area contributed by atoms with Crippen LogP contribution in [0.15, 0.2) is 47.5 Å². The van der Waals surface area contributed by atoms with Crippen LogP contribution in [0.5, 0.6) is 0 Å². The average molecular weight is 387 g/mol. The number of hydrogen-bond donors (Lipinski definition) is 1. The number of urea groups is 1. The third-order valence-corrected chi connectivity index (χ3v) is 4.87. The van der Waals surface area contributed by atoms with Crippen molar-refractivity contribution >= 4 is 46.3 Å². The molecule has 0 aromatic heterocycles. The van der Waals surface area contributed by atoms with Gasteiger partial charge in [0, 0.05) is 35.1 Å². The lowest BCUT2D eigenvalue weighted by molar-refractivity contribution is 0.259. The number of carbonyl (C=O) groups excluding carboxylic acids is 1. The first-order chi connectivity index (χ1) is 12.5. The standard InChI is InChI=1S/C19H16Cl2N4O/c1-12-18(24-19(26)23-15-5-3-14(20)4-6-15)8-9-25(12)16-7-2-13(11-22)17(21)10-16/h2-7,10,12H,8-9H2,1H3,(H,23,26)/t12-/m0/s1. The predicted octanol–water partition coefficient (Wildman–Crippen LogP) is 5.14. The lowest BCUT2D eigenvalue weighted by Crippen LogP contribution is -2.30. The van der Waals surface area contributed by atoms with Crippen LogP contribution < -0.4 is 10.2 Å². The summed E-state index contributed by atoms with van der Waals surface area (Å²) >= 11 is 12.0. The Bertz CT molecular complexity index is 903. The summed E-state index contributed by atoms with van der Waals surface area (Å²) in [6.07, 6.45) is 0.687. The summed E-state index contributed by atoms with van der Waals surface area (Å²) in [5, 5.41) is 12.7. The Kier molecular flexibility index (Phi) is 5.46. The van der Waals surface area contributed by atoms with Gasteiger partial charge in [-0.2, -0.15) is 5.26 Å². The van der Waals surface area contributed by atoms with Crippen molar-refractivity contribution in [1.29, 1.82) is 5.26 Å².